The van der Waals surface area contributed by atoms with Crippen LogP contribution in [-0.4, -0.2) is 17.6 Å². The molecule has 0 aliphatic rings. The maximum atomic E-state index is 11.8. The second kappa shape index (κ2) is 6.18. The van der Waals surface area contributed by atoms with Gasteiger partial charge >= 0.3 is 5.97 Å². The number of carbonyl (C=O) groups excluding carboxylic acids is 1. The van der Waals surface area contributed by atoms with Gasteiger partial charge in [-0.25, -0.2) is 9.78 Å². The van der Waals surface area contributed by atoms with Crippen molar-refractivity contribution in [3.05, 3.63) is 41.8 Å². The molecule has 0 N–H and O–H groups in total. The summed E-state index contributed by atoms with van der Waals surface area (Å²) in [6, 6.07) is 9.53. The number of aryl methyl sites for hydroxylation is 1. The smallest absolute Gasteiger partial charge is 0.360 e. The first kappa shape index (κ1) is 13.3. The Labute approximate surface area is 112 Å². The van der Waals surface area contributed by atoms with Crippen LogP contribution < -0.4 is 0 Å². The molecule has 0 spiro atoms. The van der Waals surface area contributed by atoms with E-state index in [1.807, 2.05) is 37.3 Å². The van der Waals surface area contributed by atoms with Crippen molar-refractivity contribution >= 4 is 5.97 Å². The van der Waals surface area contributed by atoms with Crippen LogP contribution in [0.5, 0.6) is 0 Å². The first-order chi connectivity index (χ1) is 9.26. The number of oxazole rings is 1. The van der Waals surface area contributed by atoms with Gasteiger partial charge in [-0.1, -0.05) is 25.1 Å². The van der Waals surface area contributed by atoms with E-state index in [1.165, 1.54) is 0 Å². The fourth-order valence-electron chi connectivity index (χ4n) is 1.81. The lowest BCUT2D eigenvalue weighted by Gasteiger charge is -1.98. The largest absolute Gasteiger partial charge is 0.461 e. The summed E-state index contributed by atoms with van der Waals surface area (Å²) >= 11 is 0. The van der Waals surface area contributed by atoms with Gasteiger partial charge in [-0.3, -0.25) is 0 Å². The molecule has 0 aliphatic heterocycles. The molecular formula is C15H17NO3. The summed E-state index contributed by atoms with van der Waals surface area (Å²) in [6.45, 7) is 4.13. The van der Waals surface area contributed by atoms with Crippen LogP contribution >= 0.6 is 0 Å². The highest BCUT2D eigenvalue weighted by molar-refractivity contribution is 5.89. The van der Waals surface area contributed by atoms with E-state index in [1.54, 1.807) is 6.92 Å². The van der Waals surface area contributed by atoms with Crippen molar-refractivity contribution in [3.63, 3.8) is 0 Å². The zero-order valence-electron chi connectivity index (χ0n) is 11.2. The molecule has 1 aromatic heterocycles. The minimum atomic E-state index is -0.420. The third kappa shape index (κ3) is 3.02. The first-order valence-electron chi connectivity index (χ1n) is 6.48. The lowest BCUT2D eigenvalue weighted by Crippen LogP contribution is -2.07. The second-order valence-electron chi connectivity index (χ2n) is 4.13. The number of esters is 1. The lowest BCUT2D eigenvalue weighted by atomic mass is 10.2. The molecule has 4 heteroatoms. The summed E-state index contributed by atoms with van der Waals surface area (Å²) in [5, 5.41) is 0. The quantitative estimate of drug-likeness (QED) is 0.771. The zero-order valence-corrected chi connectivity index (χ0v) is 11.2. The molecule has 2 rings (SSSR count). The van der Waals surface area contributed by atoms with Crippen molar-refractivity contribution in [2.45, 2.75) is 26.7 Å². The number of carbonyl (C=O) groups is 1. The van der Waals surface area contributed by atoms with E-state index in [0.29, 0.717) is 30.4 Å². The Morgan fingerprint density at radius 1 is 1.26 bits per heavy atom. The van der Waals surface area contributed by atoms with E-state index < -0.39 is 5.97 Å². The Bertz CT molecular complexity index is 546. The second-order valence-corrected chi connectivity index (χ2v) is 4.13. The maximum Gasteiger partial charge on any atom is 0.360 e. The number of nitrogens with zero attached hydrogens (tertiary/aromatic N) is 1. The molecule has 0 amide bonds. The fourth-order valence-corrected chi connectivity index (χ4v) is 1.81. The zero-order chi connectivity index (χ0) is 13.7. The van der Waals surface area contributed by atoms with Gasteiger partial charge in [0.15, 0.2) is 5.69 Å². The Kier molecular flexibility index (Phi) is 4.34. The van der Waals surface area contributed by atoms with Gasteiger partial charge < -0.3 is 9.15 Å². The fraction of sp³-hybridized carbons (Fsp3) is 0.333. The summed E-state index contributed by atoms with van der Waals surface area (Å²) in [6.07, 6.45) is 1.56. The predicted octanol–water partition coefficient (Wildman–Crippen LogP) is 3.47. The van der Waals surface area contributed by atoms with Gasteiger partial charge in [0.05, 0.1) is 6.61 Å². The van der Waals surface area contributed by atoms with Gasteiger partial charge in [0.1, 0.15) is 5.76 Å². The SMILES string of the molecule is CCCc1oc(-c2ccccc2)nc1C(=O)OCC. The molecular weight excluding hydrogens is 242 g/mol. The summed E-state index contributed by atoms with van der Waals surface area (Å²) in [4.78, 5) is 16.1. The Hall–Kier alpha value is -2.10. The van der Waals surface area contributed by atoms with Crippen molar-refractivity contribution < 1.29 is 13.9 Å². The predicted molar refractivity (Wildman–Crippen MR) is 71.9 cm³/mol. The highest BCUT2D eigenvalue weighted by atomic mass is 16.5. The summed E-state index contributed by atoms with van der Waals surface area (Å²) < 4.78 is 10.7. The van der Waals surface area contributed by atoms with Crippen LogP contribution in [0, 0.1) is 0 Å². The van der Waals surface area contributed by atoms with Crippen LogP contribution in [-0.2, 0) is 11.2 Å². The van der Waals surface area contributed by atoms with Crippen LogP contribution in [0.2, 0.25) is 0 Å². The molecule has 1 heterocycles. The van der Waals surface area contributed by atoms with Gasteiger partial charge in [-0.15, -0.1) is 0 Å². The molecule has 0 radical (unpaired) electrons. The minimum Gasteiger partial charge on any atom is -0.461 e. The van der Waals surface area contributed by atoms with Crippen LogP contribution in [0.25, 0.3) is 11.5 Å². The van der Waals surface area contributed by atoms with Gasteiger partial charge in [0.2, 0.25) is 5.89 Å². The molecule has 0 atom stereocenters. The number of benzene rings is 1. The normalized spacial score (nSPS) is 10.4. The number of aromatic nitrogens is 1. The number of hydrogen-bond donors (Lipinski definition) is 0. The highest BCUT2D eigenvalue weighted by Gasteiger charge is 2.21. The lowest BCUT2D eigenvalue weighted by molar-refractivity contribution is 0.0517. The van der Waals surface area contributed by atoms with Crippen LogP contribution in [0.3, 0.4) is 0 Å². The van der Waals surface area contributed by atoms with Crippen molar-refractivity contribution in [2.24, 2.45) is 0 Å². The average Bonchev–Trinajstić information content (AvgIpc) is 2.85. The molecule has 0 bridgehead atoms. The molecule has 19 heavy (non-hydrogen) atoms. The number of ether oxygens (including phenoxy) is 1. The van der Waals surface area contributed by atoms with E-state index in [0.717, 1.165) is 12.0 Å². The molecule has 4 nitrogen and oxygen atoms in total. The van der Waals surface area contributed by atoms with Gasteiger partial charge in [0, 0.05) is 12.0 Å². The van der Waals surface area contributed by atoms with Crippen molar-refractivity contribution in [3.8, 4) is 11.5 Å². The van der Waals surface area contributed by atoms with Gasteiger partial charge in [-0.05, 0) is 25.5 Å². The molecule has 0 saturated heterocycles. The van der Waals surface area contributed by atoms with E-state index in [9.17, 15) is 4.79 Å². The molecule has 2 aromatic rings. The number of hydrogen-bond acceptors (Lipinski definition) is 4. The average molecular weight is 259 g/mol. The van der Waals surface area contributed by atoms with E-state index in [-0.39, 0.29) is 0 Å². The molecule has 100 valence electrons. The Morgan fingerprint density at radius 3 is 2.63 bits per heavy atom. The van der Waals surface area contributed by atoms with Crippen molar-refractivity contribution in [2.75, 3.05) is 6.61 Å². The topological polar surface area (TPSA) is 52.3 Å². The maximum absolute atomic E-state index is 11.8. The monoisotopic (exact) mass is 259 g/mol. The molecule has 0 unspecified atom stereocenters. The first-order valence-corrected chi connectivity index (χ1v) is 6.48. The van der Waals surface area contributed by atoms with Crippen LogP contribution in [0.15, 0.2) is 34.7 Å². The highest BCUT2D eigenvalue weighted by Crippen LogP contribution is 2.23. The van der Waals surface area contributed by atoms with Crippen molar-refractivity contribution in [1.82, 2.24) is 4.98 Å². The van der Waals surface area contributed by atoms with Crippen LogP contribution in [0.1, 0.15) is 36.5 Å². The Balaban J connectivity index is 2.37. The standard InChI is InChI=1S/C15H17NO3/c1-3-8-12-13(15(17)18-4-2)16-14(19-12)11-9-6-5-7-10-11/h5-7,9-10H,3-4,8H2,1-2H3. The molecule has 0 aliphatic carbocycles. The van der Waals surface area contributed by atoms with E-state index in [2.05, 4.69) is 4.98 Å². The minimum absolute atomic E-state index is 0.294. The molecule has 0 saturated carbocycles. The van der Waals surface area contributed by atoms with E-state index >= 15 is 0 Å². The van der Waals surface area contributed by atoms with Gasteiger partial charge in [-0.2, -0.15) is 0 Å². The number of rotatable bonds is 5. The third-order valence-electron chi connectivity index (χ3n) is 2.66. The summed E-state index contributed by atoms with van der Waals surface area (Å²) in [5.41, 5.74) is 1.15. The van der Waals surface area contributed by atoms with Crippen molar-refractivity contribution in [1.29, 1.82) is 0 Å². The third-order valence-corrected chi connectivity index (χ3v) is 2.66. The summed E-state index contributed by atoms with van der Waals surface area (Å²) in [5.74, 6) is 0.642. The summed E-state index contributed by atoms with van der Waals surface area (Å²) in [7, 11) is 0. The van der Waals surface area contributed by atoms with Gasteiger partial charge in [0.25, 0.3) is 0 Å². The molecule has 0 fully saturated rings. The molecule has 1 aromatic carbocycles. The van der Waals surface area contributed by atoms with E-state index in [4.69, 9.17) is 9.15 Å². The van der Waals surface area contributed by atoms with Crippen LogP contribution in [0.4, 0.5) is 0 Å². The Morgan fingerprint density at radius 2 is 2.00 bits per heavy atom.